The summed E-state index contributed by atoms with van der Waals surface area (Å²) in [5.41, 5.74) is -2.74. The molecule has 0 radical (unpaired) electrons. The van der Waals surface area contributed by atoms with Gasteiger partial charge < -0.3 is 41.9 Å². The first-order chi connectivity index (χ1) is 10.0. The SMILES string of the molecule is CCO.CCO.CCO.N.O=C(O)CC(O)(CC(=O)O)C(=O)O. The van der Waals surface area contributed by atoms with Crippen molar-refractivity contribution in [2.45, 2.75) is 39.2 Å². The van der Waals surface area contributed by atoms with Crippen molar-refractivity contribution in [3.05, 3.63) is 0 Å². The van der Waals surface area contributed by atoms with Gasteiger partial charge in [-0.25, -0.2) is 4.79 Å². The molecular weight excluding hydrogens is 318 g/mol. The Bertz CT molecular complexity index is 275. The minimum atomic E-state index is -2.74. The minimum Gasteiger partial charge on any atom is -0.481 e. The molecule has 0 heterocycles. The lowest BCUT2D eigenvalue weighted by Crippen LogP contribution is -2.42. The van der Waals surface area contributed by atoms with E-state index in [1.165, 1.54) is 0 Å². The number of aliphatic carboxylic acids is 3. The van der Waals surface area contributed by atoms with E-state index in [1.54, 1.807) is 20.8 Å². The minimum absolute atomic E-state index is 0. The number of aliphatic hydroxyl groups is 4. The molecule has 0 aliphatic rings. The third-order valence-corrected chi connectivity index (χ3v) is 1.29. The van der Waals surface area contributed by atoms with Crippen molar-refractivity contribution in [1.82, 2.24) is 6.15 Å². The number of carboxylic acid groups (broad SMARTS) is 3. The Morgan fingerprint density at radius 3 is 1.00 bits per heavy atom. The summed E-state index contributed by atoms with van der Waals surface area (Å²) in [6, 6.07) is 0. The average molecular weight is 347 g/mol. The van der Waals surface area contributed by atoms with Gasteiger partial charge in [0.2, 0.25) is 0 Å². The second-order valence-electron chi connectivity index (χ2n) is 3.43. The zero-order valence-electron chi connectivity index (χ0n) is 13.6. The van der Waals surface area contributed by atoms with Crippen LogP contribution in [0.2, 0.25) is 0 Å². The summed E-state index contributed by atoms with van der Waals surface area (Å²) < 4.78 is 0. The van der Waals surface area contributed by atoms with Gasteiger partial charge >= 0.3 is 17.9 Å². The first-order valence-electron chi connectivity index (χ1n) is 6.24. The van der Waals surface area contributed by atoms with Crippen LogP contribution in [0.15, 0.2) is 0 Å². The molecule has 0 unspecified atom stereocenters. The summed E-state index contributed by atoms with van der Waals surface area (Å²) in [4.78, 5) is 30.5. The maximum Gasteiger partial charge on any atom is 0.336 e. The molecule has 0 aromatic heterocycles. The molecule has 11 heteroatoms. The molecule has 0 aliphatic heterocycles. The maximum atomic E-state index is 10.3. The van der Waals surface area contributed by atoms with E-state index in [9.17, 15) is 14.4 Å². The van der Waals surface area contributed by atoms with Gasteiger partial charge in [-0.05, 0) is 20.8 Å². The second kappa shape index (κ2) is 22.5. The van der Waals surface area contributed by atoms with Crippen LogP contribution in [0, 0.1) is 0 Å². The number of hydrogen-bond donors (Lipinski definition) is 8. The van der Waals surface area contributed by atoms with Gasteiger partial charge in [0.15, 0.2) is 5.60 Å². The second-order valence-corrected chi connectivity index (χ2v) is 3.43. The van der Waals surface area contributed by atoms with Gasteiger partial charge in [-0.15, -0.1) is 0 Å². The molecule has 10 N–H and O–H groups in total. The molecule has 23 heavy (non-hydrogen) atoms. The molecule has 11 nitrogen and oxygen atoms in total. The Morgan fingerprint density at radius 2 is 0.913 bits per heavy atom. The van der Waals surface area contributed by atoms with Gasteiger partial charge in [0, 0.05) is 19.8 Å². The van der Waals surface area contributed by atoms with Crippen LogP contribution in [0.3, 0.4) is 0 Å². The van der Waals surface area contributed by atoms with E-state index in [4.69, 9.17) is 35.7 Å². The van der Waals surface area contributed by atoms with E-state index >= 15 is 0 Å². The van der Waals surface area contributed by atoms with E-state index in [1.807, 2.05) is 0 Å². The van der Waals surface area contributed by atoms with E-state index in [2.05, 4.69) is 0 Å². The standard InChI is InChI=1S/C6H8O7.3C2H6O.H3N/c7-3(8)1-6(13,5(11)12)2-4(9)10;3*1-2-3;/h13H,1-2H2,(H,7,8)(H,9,10)(H,11,12);3*3H,2H2,1H3;1H3. The van der Waals surface area contributed by atoms with Gasteiger partial charge in [-0.1, -0.05) is 0 Å². The monoisotopic (exact) mass is 347 g/mol. The van der Waals surface area contributed by atoms with Crippen molar-refractivity contribution in [2.75, 3.05) is 19.8 Å². The van der Waals surface area contributed by atoms with Crippen molar-refractivity contribution < 1.29 is 50.1 Å². The highest BCUT2D eigenvalue weighted by atomic mass is 16.4. The van der Waals surface area contributed by atoms with Crippen molar-refractivity contribution in [1.29, 1.82) is 0 Å². The number of rotatable bonds is 5. The Labute approximate surface area is 134 Å². The Balaban J connectivity index is -0.0000000900. The lowest BCUT2D eigenvalue weighted by molar-refractivity contribution is -0.170. The quantitative estimate of drug-likeness (QED) is 0.298. The van der Waals surface area contributed by atoms with Crippen molar-refractivity contribution in [2.24, 2.45) is 0 Å². The molecule has 0 aromatic rings. The summed E-state index contributed by atoms with van der Waals surface area (Å²) in [7, 11) is 0. The van der Waals surface area contributed by atoms with Crippen LogP contribution < -0.4 is 6.15 Å². The zero-order valence-corrected chi connectivity index (χ0v) is 13.6. The van der Waals surface area contributed by atoms with Crippen molar-refractivity contribution >= 4 is 17.9 Å². The van der Waals surface area contributed by atoms with E-state index in [0.29, 0.717) is 0 Å². The molecule has 0 aliphatic carbocycles. The lowest BCUT2D eigenvalue weighted by atomic mass is 9.96. The largest absolute Gasteiger partial charge is 0.481 e. The molecule has 0 spiro atoms. The van der Waals surface area contributed by atoms with Crippen LogP contribution in [-0.4, -0.2) is 79.1 Å². The predicted octanol–water partition coefficient (Wildman–Crippen LogP) is -1.09. The Morgan fingerprint density at radius 1 is 0.739 bits per heavy atom. The van der Waals surface area contributed by atoms with Crippen LogP contribution >= 0.6 is 0 Å². The summed E-state index contributed by atoms with van der Waals surface area (Å²) in [6.45, 7) is 5.79. The van der Waals surface area contributed by atoms with Crippen molar-refractivity contribution in [3.63, 3.8) is 0 Å². The predicted molar refractivity (Wildman–Crippen MR) is 80.4 cm³/mol. The third kappa shape index (κ3) is 33.2. The molecule has 0 amide bonds. The molecule has 0 aromatic carbocycles. The number of aliphatic hydroxyl groups excluding tert-OH is 3. The number of carbonyl (C=O) groups is 3. The van der Waals surface area contributed by atoms with Gasteiger partial charge in [0.25, 0.3) is 0 Å². The van der Waals surface area contributed by atoms with Crippen LogP contribution in [-0.2, 0) is 14.4 Å². The fourth-order valence-electron chi connectivity index (χ4n) is 0.714. The summed E-state index contributed by atoms with van der Waals surface area (Å²) in [5, 5.41) is 56.5. The Hall–Kier alpha value is -1.79. The first-order valence-corrected chi connectivity index (χ1v) is 6.24. The zero-order chi connectivity index (χ0) is 18.8. The van der Waals surface area contributed by atoms with Gasteiger partial charge in [0.1, 0.15) is 0 Å². The fourth-order valence-corrected chi connectivity index (χ4v) is 0.714. The highest BCUT2D eigenvalue weighted by Crippen LogP contribution is 2.15. The smallest absolute Gasteiger partial charge is 0.336 e. The Kier molecular flexibility index (Phi) is 32.2. The average Bonchev–Trinajstić information content (AvgIpc) is 2.29. The van der Waals surface area contributed by atoms with Crippen LogP contribution in [0.5, 0.6) is 0 Å². The van der Waals surface area contributed by atoms with E-state index in [0.717, 1.165) is 0 Å². The lowest BCUT2D eigenvalue weighted by Gasteiger charge is -2.18. The van der Waals surface area contributed by atoms with E-state index in [-0.39, 0.29) is 26.0 Å². The molecule has 0 saturated carbocycles. The first kappa shape index (κ1) is 33.0. The van der Waals surface area contributed by atoms with Crippen molar-refractivity contribution in [3.8, 4) is 0 Å². The van der Waals surface area contributed by atoms with Gasteiger partial charge in [0.05, 0.1) is 12.8 Å². The molecule has 0 bridgehead atoms. The third-order valence-electron chi connectivity index (χ3n) is 1.29. The number of carboxylic acids is 3. The summed E-state index contributed by atoms with van der Waals surface area (Å²) in [6.07, 6.45) is -2.29. The molecular formula is C12H29NO10. The normalized spacial score (nSPS) is 8.48. The van der Waals surface area contributed by atoms with Crippen LogP contribution in [0.1, 0.15) is 33.6 Å². The van der Waals surface area contributed by atoms with Gasteiger partial charge in [-0.3, -0.25) is 9.59 Å². The summed E-state index contributed by atoms with van der Waals surface area (Å²) >= 11 is 0. The van der Waals surface area contributed by atoms with E-state index < -0.39 is 36.4 Å². The summed E-state index contributed by atoms with van der Waals surface area (Å²) in [5.74, 6) is -5.02. The maximum absolute atomic E-state index is 10.3. The molecule has 142 valence electrons. The molecule has 0 rings (SSSR count). The fraction of sp³-hybridized carbons (Fsp3) is 0.750. The molecule has 0 fully saturated rings. The highest BCUT2D eigenvalue weighted by molar-refractivity contribution is 5.88. The van der Waals surface area contributed by atoms with Crippen LogP contribution in [0.25, 0.3) is 0 Å². The van der Waals surface area contributed by atoms with Gasteiger partial charge in [-0.2, -0.15) is 0 Å². The number of hydrogen-bond acceptors (Lipinski definition) is 8. The molecule has 0 atom stereocenters. The highest BCUT2D eigenvalue weighted by Gasteiger charge is 2.40. The topological polar surface area (TPSA) is 228 Å². The molecule has 0 saturated heterocycles. The van der Waals surface area contributed by atoms with Crippen LogP contribution in [0.4, 0.5) is 0 Å².